The molecule has 0 atom stereocenters. The van der Waals surface area contributed by atoms with Gasteiger partial charge in [-0.2, -0.15) is 28.5 Å². The van der Waals surface area contributed by atoms with Crippen molar-refractivity contribution >= 4 is 97.5 Å². The van der Waals surface area contributed by atoms with Crippen LogP contribution >= 0.6 is 11.6 Å². The van der Waals surface area contributed by atoms with Crippen LogP contribution < -0.4 is 134 Å². The Balaban J connectivity index is 0.00000364. The molecule has 0 aliphatic rings. The topological polar surface area (TPSA) is 336 Å². The summed E-state index contributed by atoms with van der Waals surface area (Å²) in [5, 5.41) is 24.0. The van der Waals surface area contributed by atoms with Crippen molar-refractivity contribution in [3.05, 3.63) is 72.0 Å². The number of hydrogen-bond acceptors (Lipinski definition) is 19. The maximum absolute atomic E-state index is 12.9. The Morgan fingerprint density at radius 2 is 1.17 bits per heavy atom. The van der Waals surface area contributed by atoms with Crippen molar-refractivity contribution in [2.45, 2.75) is 19.6 Å². The fourth-order valence-electron chi connectivity index (χ4n) is 4.26. The second-order valence-electron chi connectivity index (χ2n) is 9.65. The maximum Gasteiger partial charge on any atom is 1.00 e. The van der Waals surface area contributed by atoms with Crippen molar-refractivity contribution in [3.63, 3.8) is 0 Å². The summed E-state index contributed by atoms with van der Waals surface area (Å²) in [5.41, 5.74) is -2.11. The van der Waals surface area contributed by atoms with Gasteiger partial charge in [-0.15, -0.1) is 5.11 Å². The minimum Gasteiger partial charge on any atom is -0.871 e. The van der Waals surface area contributed by atoms with Crippen molar-refractivity contribution in [3.8, 4) is 5.75 Å². The number of nitrogens with zero attached hydrogens (tertiary/aromatic N) is 5. The van der Waals surface area contributed by atoms with Crippen LogP contribution in [0, 0.1) is 0 Å². The molecule has 0 unspecified atom stereocenters. The number of fused-ring (bicyclic) bond motifs is 1. The molecule has 0 radical (unpaired) electrons. The summed E-state index contributed by atoms with van der Waals surface area (Å²) < 4.78 is 139. The normalized spacial score (nSPS) is 11.8. The summed E-state index contributed by atoms with van der Waals surface area (Å²) in [6.45, 7) is 0. The molecule has 5 aromatic rings. The summed E-state index contributed by atoms with van der Waals surface area (Å²) >= 11 is 5.92. The molecule has 0 aliphatic heterocycles. The van der Waals surface area contributed by atoms with E-state index in [-0.39, 0.29) is 135 Å². The van der Waals surface area contributed by atoms with E-state index in [2.05, 4.69) is 35.8 Å². The van der Waals surface area contributed by atoms with E-state index in [1.165, 1.54) is 24.3 Å². The van der Waals surface area contributed by atoms with Gasteiger partial charge >= 0.3 is 118 Å². The van der Waals surface area contributed by atoms with Gasteiger partial charge in [-0.3, -0.25) is 4.55 Å². The van der Waals surface area contributed by atoms with E-state index in [1.807, 2.05) is 0 Å². The molecular formula is C25H14ClN7Na4O13S4. The Morgan fingerprint density at radius 3 is 1.72 bits per heavy atom. The van der Waals surface area contributed by atoms with E-state index in [0.717, 1.165) is 18.2 Å². The first-order valence-electron chi connectivity index (χ1n) is 12.8. The number of azo groups is 1. The molecule has 1 heterocycles. The van der Waals surface area contributed by atoms with Gasteiger partial charge in [-0.1, -0.05) is 30.0 Å². The van der Waals surface area contributed by atoms with Gasteiger partial charge in [0.05, 0.1) is 26.1 Å². The van der Waals surface area contributed by atoms with Crippen LogP contribution in [0.25, 0.3) is 10.8 Å². The Labute approximate surface area is 400 Å². The third-order valence-corrected chi connectivity index (χ3v) is 9.98. The van der Waals surface area contributed by atoms with Crippen LogP contribution in [0.5, 0.6) is 5.75 Å². The summed E-state index contributed by atoms with van der Waals surface area (Å²) in [7, 11) is -20.5. The van der Waals surface area contributed by atoms with Gasteiger partial charge in [0.25, 0.3) is 10.1 Å². The number of benzene rings is 4. The first kappa shape index (κ1) is 51.1. The number of aromatic nitrogens is 3. The summed E-state index contributed by atoms with van der Waals surface area (Å²) in [4.78, 5) is 7.72. The number of halogens is 1. The minimum absolute atomic E-state index is 0. The van der Waals surface area contributed by atoms with Crippen molar-refractivity contribution in [1.82, 2.24) is 15.0 Å². The zero-order chi connectivity index (χ0) is 36.8. The summed E-state index contributed by atoms with van der Waals surface area (Å²) in [6, 6.07) is 10.6. The second kappa shape index (κ2) is 19.7. The third kappa shape index (κ3) is 12.5. The Morgan fingerprint density at radius 1 is 0.611 bits per heavy atom. The van der Waals surface area contributed by atoms with Crippen LogP contribution in [0.3, 0.4) is 0 Å². The maximum atomic E-state index is 12.9. The molecule has 1 aromatic heterocycles. The largest absolute Gasteiger partial charge is 1.00 e. The van der Waals surface area contributed by atoms with E-state index in [1.54, 1.807) is 0 Å². The molecule has 0 saturated carbocycles. The molecule has 5 rings (SSSR count). The van der Waals surface area contributed by atoms with Gasteiger partial charge in [0.2, 0.25) is 17.2 Å². The van der Waals surface area contributed by atoms with Gasteiger partial charge in [0.1, 0.15) is 40.9 Å². The summed E-state index contributed by atoms with van der Waals surface area (Å²) in [5.74, 6) is -1.91. The molecule has 20 nitrogen and oxygen atoms in total. The minimum atomic E-state index is -5.24. The molecule has 29 heteroatoms. The summed E-state index contributed by atoms with van der Waals surface area (Å²) in [6.07, 6.45) is 0. The standard InChI is InChI=1S/C25H18ClN7O13S4.4Na/c26-23-29-24(31-25(30-23)28-17-10-13(47(35,36)37)6-8-19(17)48(38,39)40)27-12-5-7-16(21(9-12)50(44,45)46)32-33-18-11-20(49(41,42)43)14-3-1-2-4-15(14)22(18)34;;;;/h1-11,34H,(H,35,36,37)(H,38,39,40)(H,41,42,43)(H,44,45,46)(H2,27,28,29,30,31);;;;/q;4*+1/p-4. The van der Waals surface area contributed by atoms with Crippen molar-refractivity contribution < 1.29 is 175 Å². The zero-order valence-corrected chi connectivity index (χ0v) is 40.0. The zero-order valence-electron chi connectivity index (χ0n) is 27.9. The smallest absolute Gasteiger partial charge is 0.871 e. The Bertz CT molecular complexity index is 2720. The Hall–Kier alpha value is -0.920. The molecule has 4 aromatic carbocycles. The van der Waals surface area contributed by atoms with E-state index in [0.29, 0.717) is 24.3 Å². The fraction of sp³-hybridized carbons (Fsp3) is 0. The van der Waals surface area contributed by atoms with Crippen LogP contribution in [-0.2, 0) is 40.5 Å². The van der Waals surface area contributed by atoms with E-state index in [4.69, 9.17) is 11.6 Å². The van der Waals surface area contributed by atoms with Crippen LogP contribution in [0.4, 0.5) is 34.6 Å². The molecule has 0 fully saturated rings. The number of nitrogens with one attached hydrogen (secondary N) is 2. The molecule has 0 saturated heterocycles. The average Bonchev–Trinajstić information content (AvgIpc) is 2.99. The molecule has 0 bridgehead atoms. The van der Waals surface area contributed by atoms with Crippen LogP contribution in [0.2, 0.25) is 5.28 Å². The quantitative estimate of drug-likeness (QED) is 0.0666. The van der Waals surface area contributed by atoms with Crippen LogP contribution in [-0.4, -0.2) is 66.8 Å². The SMILES string of the molecule is O=S(=O)([O-])c1ccc(S(=O)(=O)[O-])c(Nc2nc(Cl)nc(Nc3ccc(N=Nc4cc(S(=O)(=O)[O-])c5ccccc5c4[O-])c(S(=O)(=O)O)c3)n2)c1.[Na+].[Na+].[Na+].[Na+]. The van der Waals surface area contributed by atoms with E-state index < -0.39 is 100 Å². The first-order chi connectivity index (χ1) is 23.1. The predicted octanol–water partition coefficient (Wildman–Crippen LogP) is -9.37. The van der Waals surface area contributed by atoms with E-state index >= 15 is 0 Å². The number of hydrogen-bond donors (Lipinski definition) is 3. The van der Waals surface area contributed by atoms with Crippen LogP contribution in [0.15, 0.2) is 96.5 Å². The van der Waals surface area contributed by atoms with Crippen molar-refractivity contribution in [2.24, 2.45) is 10.2 Å². The van der Waals surface area contributed by atoms with Gasteiger partial charge in [-0.25, -0.2) is 25.3 Å². The monoisotopic (exact) mass is 875 g/mol. The molecule has 0 aliphatic carbocycles. The Kier molecular flexibility index (Phi) is 18.6. The van der Waals surface area contributed by atoms with Gasteiger partial charge in [0.15, 0.2) is 0 Å². The van der Waals surface area contributed by atoms with Gasteiger partial charge in [-0.05, 0) is 64.8 Å². The van der Waals surface area contributed by atoms with Crippen LogP contribution in [0.1, 0.15) is 0 Å². The fourth-order valence-corrected chi connectivity index (χ4v) is 6.89. The van der Waals surface area contributed by atoms with Gasteiger partial charge in [0, 0.05) is 5.69 Å². The first-order valence-corrected chi connectivity index (χ1v) is 18.9. The average molecular weight is 876 g/mol. The van der Waals surface area contributed by atoms with E-state index in [9.17, 15) is 57.0 Å². The molecular weight excluding hydrogens is 862 g/mol. The third-order valence-electron chi connectivity index (χ3n) is 6.33. The number of rotatable bonds is 10. The molecule has 0 amide bonds. The van der Waals surface area contributed by atoms with Crippen molar-refractivity contribution in [1.29, 1.82) is 0 Å². The van der Waals surface area contributed by atoms with Gasteiger partial charge < -0.3 is 29.4 Å². The second-order valence-corrected chi connectivity index (χ2v) is 15.5. The number of anilines is 4. The van der Waals surface area contributed by atoms with Crippen molar-refractivity contribution in [2.75, 3.05) is 10.6 Å². The molecule has 262 valence electrons. The molecule has 0 spiro atoms. The molecule has 54 heavy (non-hydrogen) atoms. The predicted molar refractivity (Wildman–Crippen MR) is 166 cm³/mol. The molecule has 3 N–H and O–H groups in total.